The SMILES string of the molecule is O=C(CN1CCCC1CN1CCCCC1)NCc1ccc(C(=O)N2CCCC2)cc1. The lowest BCUT2D eigenvalue weighted by Gasteiger charge is -2.32. The van der Waals surface area contributed by atoms with E-state index in [1.807, 2.05) is 29.2 Å². The molecule has 0 radical (unpaired) electrons. The first kappa shape index (κ1) is 21.3. The van der Waals surface area contributed by atoms with Gasteiger partial charge in [-0.1, -0.05) is 18.6 Å². The quantitative estimate of drug-likeness (QED) is 0.748. The Labute approximate surface area is 180 Å². The highest BCUT2D eigenvalue weighted by atomic mass is 16.2. The van der Waals surface area contributed by atoms with Crippen molar-refractivity contribution in [1.82, 2.24) is 20.0 Å². The minimum absolute atomic E-state index is 0.0952. The molecular weight excluding hydrogens is 376 g/mol. The molecular formula is C24H36N4O2. The first-order chi connectivity index (χ1) is 14.7. The Balaban J connectivity index is 1.21. The predicted molar refractivity (Wildman–Crippen MR) is 118 cm³/mol. The molecule has 6 heteroatoms. The third kappa shape index (κ3) is 5.61. The second-order valence-electron chi connectivity index (χ2n) is 9.10. The number of nitrogens with zero attached hydrogens (tertiary/aromatic N) is 3. The van der Waals surface area contributed by atoms with Crippen molar-refractivity contribution >= 4 is 11.8 Å². The van der Waals surface area contributed by atoms with E-state index in [1.54, 1.807) is 0 Å². The van der Waals surface area contributed by atoms with Crippen molar-refractivity contribution in [3.8, 4) is 0 Å². The van der Waals surface area contributed by atoms with Gasteiger partial charge in [0.15, 0.2) is 0 Å². The van der Waals surface area contributed by atoms with Crippen LogP contribution in [0.2, 0.25) is 0 Å². The number of carbonyl (C=O) groups excluding carboxylic acids is 2. The highest BCUT2D eigenvalue weighted by molar-refractivity contribution is 5.94. The fourth-order valence-corrected chi connectivity index (χ4v) is 5.06. The summed E-state index contributed by atoms with van der Waals surface area (Å²) in [6.45, 7) is 7.31. The van der Waals surface area contributed by atoms with E-state index in [0.717, 1.165) is 50.1 Å². The van der Waals surface area contributed by atoms with Gasteiger partial charge in [0.25, 0.3) is 5.91 Å². The van der Waals surface area contributed by atoms with Crippen LogP contribution in [0.15, 0.2) is 24.3 Å². The van der Waals surface area contributed by atoms with Gasteiger partial charge in [-0.25, -0.2) is 0 Å². The number of hydrogen-bond acceptors (Lipinski definition) is 4. The summed E-state index contributed by atoms with van der Waals surface area (Å²) in [6.07, 6.45) is 8.60. The van der Waals surface area contributed by atoms with Crippen molar-refractivity contribution in [2.75, 3.05) is 45.8 Å². The molecule has 1 aromatic carbocycles. The monoisotopic (exact) mass is 412 g/mol. The maximum atomic E-state index is 12.5. The Morgan fingerprint density at radius 1 is 0.867 bits per heavy atom. The standard InChI is InChI=1S/C24H36N4O2/c29-23(19-28-16-6-7-22(28)18-26-12-2-1-3-13-26)25-17-20-8-10-21(11-9-20)24(30)27-14-4-5-15-27/h8-11,22H,1-7,12-19H2,(H,25,29). The molecule has 30 heavy (non-hydrogen) atoms. The third-order valence-electron chi connectivity index (χ3n) is 6.85. The molecule has 2 amide bonds. The molecule has 1 atom stereocenters. The van der Waals surface area contributed by atoms with Crippen LogP contribution >= 0.6 is 0 Å². The molecule has 164 valence electrons. The van der Waals surface area contributed by atoms with Crippen LogP contribution in [0.5, 0.6) is 0 Å². The first-order valence-electron chi connectivity index (χ1n) is 11.8. The number of benzene rings is 1. The molecule has 0 spiro atoms. The van der Waals surface area contributed by atoms with E-state index in [1.165, 1.54) is 45.2 Å². The van der Waals surface area contributed by atoms with Gasteiger partial charge in [-0.3, -0.25) is 14.5 Å². The lowest BCUT2D eigenvalue weighted by Crippen LogP contribution is -2.45. The number of nitrogens with one attached hydrogen (secondary N) is 1. The Bertz CT molecular complexity index is 708. The molecule has 3 saturated heterocycles. The van der Waals surface area contributed by atoms with Gasteiger partial charge in [0.2, 0.25) is 5.91 Å². The highest BCUT2D eigenvalue weighted by Crippen LogP contribution is 2.20. The van der Waals surface area contributed by atoms with Gasteiger partial charge in [-0.15, -0.1) is 0 Å². The van der Waals surface area contributed by atoms with Crippen LogP contribution < -0.4 is 5.32 Å². The van der Waals surface area contributed by atoms with Gasteiger partial charge in [0.05, 0.1) is 6.54 Å². The Kier molecular flexibility index (Phi) is 7.39. The first-order valence-corrected chi connectivity index (χ1v) is 11.8. The van der Waals surface area contributed by atoms with E-state index >= 15 is 0 Å². The number of piperidine rings is 1. The van der Waals surface area contributed by atoms with E-state index in [0.29, 0.717) is 19.1 Å². The zero-order valence-electron chi connectivity index (χ0n) is 18.2. The van der Waals surface area contributed by atoms with E-state index in [-0.39, 0.29) is 11.8 Å². The zero-order chi connectivity index (χ0) is 20.8. The van der Waals surface area contributed by atoms with Gasteiger partial charge < -0.3 is 15.1 Å². The van der Waals surface area contributed by atoms with Gasteiger partial charge in [0, 0.05) is 37.8 Å². The van der Waals surface area contributed by atoms with Crippen LogP contribution in [-0.2, 0) is 11.3 Å². The third-order valence-corrected chi connectivity index (χ3v) is 6.85. The van der Waals surface area contributed by atoms with Crippen LogP contribution in [0.25, 0.3) is 0 Å². The van der Waals surface area contributed by atoms with E-state index in [9.17, 15) is 9.59 Å². The average molecular weight is 413 g/mol. The summed E-state index contributed by atoms with van der Waals surface area (Å²) < 4.78 is 0. The van der Waals surface area contributed by atoms with Crippen molar-refractivity contribution < 1.29 is 9.59 Å². The number of hydrogen-bond donors (Lipinski definition) is 1. The summed E-state index contributed by atoms with van der Waals surface area (Å²) in [4.78, 5) is 31.8. The number of rotatable bonds is 7. The summed E-state index contributed by atoms with van der Waals surface area (Å²) in [5.74, 6) is 0.217. The van der Waals surface area contributed by atoms with Gasteiger partial charge in [0.1, 0.15) is 0 Å². The largest absolute Gasteiger partial charge is 0.351 e. The highest BCUT2D eigenvalue weighted by Gasteiger charge is 2.28. The Morgan fingerprint density at radius 2 is 1.57 bits per heavy atom. The van der Waals surface area contributed by atoms with Crippen molar-refractivity contribution in [1.29, 1.82) is 0 Å². The maximum Gasteiger partial charge on any atom is 0.253 e. The van der Waals surface area contributed by atoms with Crippen LogP contribution in [0.4, 0.5) is 0 Å². The lowest BCUT2D eigenvalue weighted by molar-refractivity contribution is -0.122. The van der Waals surface area contributed by atoms with Gasteiger partial charge in [-0.2, -0.15) is 0 Å². The van der Waals surface area contributed by atoms with Crippen LogP contribution in [0.3, 0.4) is 0 Å². The minimum atomic E-state index is 0.0952. The second kappa shape index (κ2) is 10.4. The summed E-state index contributed by atoms with van der Waals surface area (Å²) >= 11 is 0. The molecule has 0 aliphatic carbocycles. The van der Waals surface area contributed by atoms with Crippen LogP contribution in [0, 0.1) is 0 Å². The number of amides is 2. The van der Waals surface area contributed by atoms with E-state index < -0.39 is 0 Å². The molecule has 1 N–H and O–H groups in total. The molecule has 1 unspecified atom stereocenters. The second-order valence-corrected chi connectivity index (χ2v) is 9.10. The predicted octanol–water partition coefficient (Wildman–Crippen LogP) is 2.49. The molecule has 3 aliphatic rings. The van der Waals surface area contributed by atoms with Crippen molar-refractivity contribution in [3.63, 3.8) is 0 Å². The normalized spacial score (nSPS) is 23.1. The lowest BCUT2D eigenvalue weighted by atomic mass is 10.1. The molecule has 0 bridgehead atoms. The summed E-state index contributed by atoms with van der Waals surface area (Å²) in [6, 6.07) is 8.20. The van der Waals surface area contributed by atoms with Crippen LogP contribution in [0.1, 0.15) is 60.9 Å². The molecule has 4 rings (SSSR count). The Hall–Kier alpha value is -1.92. The zero-order valence-corrected chi connectivity index (χ0v) is 18.2. The molecule has 3 fully saturated rings. The number of carbonyl (C=O) groups is 2. The molecule has 3 heterocycles. The van der Waals surface area contributed by atoms with Crippen molar-refractivity contribution in [2.24, 2.45) is 0 Å². The molecule has 0 saturated carbocycles. The maximum absolute atomic E-state index is 12.5. The van der Waals surface area contributed by atoms with Gasteiger partial charge in [-0.05, 0) is 75.9 Å². The van der Waals surface area contributed by atoms with Crippen LogP contribution in [-0.4, -0.2) is 78.4 Å². The van der Waals surface area contributed by atoms with Crippen molar-refractivity contribution in [3.05, 3.63) is 35.4 Å². The van der Waals surface area contributed by atoms with E-state index in [2.05, 4.69) is 15.1 Å². The molecule has 6 nitrogen and oxygen atoms in total. The Morgan fingerprint density at radius 3 is 2.30 bits per heavy atom. The molecule has 0 aromatic heterocycles. The smallest absolute Gasteiger partial charge is 0.253 e. The van der Waals surface area contributed by atoms with Gasteiger partial charge >= 0.3 is 0 Å². The fraction of sp³-hybridized carbons (Fsp3) is 0.667. The minimum Gasteiger partial charge on any atom is -0.351 e. The molecule has 3 aliphatic heterocycles. The van der Waals surface area contributed by atoms with Crippen molar-refractivity contribution in [2.45, 2.75) is 57.5 Å². The summed E-state index contributed by atoms with van der Waals surface area (Å²) in [5, 5.41) is 3.06. The fourth-order valence-electron chi connectivity index (χ4n) is 5.06. The number of likely N-dealkylation sites (tertiary alicyclic amines) is 3. The topological polar surface area (TPSA) is 55.9 Å². The molecule has 1 aromatic rings. The average Bonchev–Trinajstić information content (AvgIpc) is 3.46. The summed E-state index contributed by atoms with van der Waals surface area (Å²) in [7, 11) is 0. The summed E-state index contributed by atoms with van der Waals surface area (Å²) in [5.41, 5.74) is 1.78. The van der Waals surface area contributed by atoms with E-state index in [4.69, 9.17) is 0 Å².